The van der Waals surface area contributed by atoms with Gasteiger partial charge in [0.2, 0.25) is 0 Å². The second-order valence-electron chi connectivity index (χ2n) is 6.35. The lowest BCUT2D eigenvalue weighted by atomic mass is 10.1. The molecular formula is C20H28N2O. The Balaban J connectivity index is 1.69. The van der Waals surface area contributed by atoms with Crippen molar-refractivity contribution in [2.75, 3.05) is 32.8 Å². The van der Waals surface area contributed by atoms with Crippen LogP contribution in [0, 0.1) is 0 Å². The molecule has 0 aliphatic carbocycles. The predicted molar refractivity (Wildman–Crippen MR) is 97.2 cm³/mol. The van der Waals surface area contributed by atoms with Crippen molar-refractivity contribution in [1.29, 1.82) is 0 Å². The van der Waals surface area contributed by atoms with E-state index in [0.717, 1.165) is 25.4 Å². The number of piperidine rings is 1. The number of hydrogen-bond acceptors (Lipinski definition) is 3. The third-order valence-electron chi connectivity index (χ3n) is 4.72. The van der Waals surface area contributed by atoms with Gasteiger partial charge in [0.15, 0.2) is 0 Å². The fourth-order valence-electron chi connectivity index (χ4n) is 3.40. The molecule has 0 saturated carbocycles. The van der Waals surface area contributed by atoms with E-state index in [-0.39, 0.29) is 0 Å². The smallest absolute Gasteiger partial charge is 0.127 e. The third kappa shape index (κ3) is 4.24. The van der Waals surface area contributed by atoms with Gasteiger partial charge in [-0.1, -0.05) is 49.7 Å². The van der Waals surface area contributed by atoms with Crippen LogP contribution in [0.2, 0.25) is 0 Å². The fraction of sp³-hybridized carbons (Fsp3) is 0.500. The van der Waals surface area contributed by atoms with Crippen LogP contribution in [0.1, 0.15) is 26.2 Å². The van der Waals surface area contributed by atoms with Crippen molar-refractivity contribution in [3.63, 3.8) is 0 Å². The van der Waals surface area contributed by atoms with Crippen molar-refractivity contribution in [3.8, 4) is 5.75 Å². The van der Waals surface area contributed by atoms with E-state index in [2.05, 4.69) is 59.6 Å². The molecule has 124 valence electrons. The first-order chi connectivity index (χ1) is 11.4. The highest BCUT2D eigenvalue weighted by Crippen LogP contribution is 2.25. The molecule has 1 saturated heterocycles. The molecule has 23 heavy (non-hydrogen) atoms. The number of benzene rings is 2. The molecule has 2 aromatic carbocycles. The van der Waals surface area contributed by atoms with Crippen LogP contribution in [0.4, 0.5) is 0 Å². The Hall–Kier alpha value is -1.58. The second kappa shape index (κ2) is 8.32. The van der Waals surface area contributed by atoms with Crippen molar-refractivity contribution in [2.24, 2.45) is 0 Å². The number of nitrogens with zero attached hydrogens (tertiary/aromatic N) is 1. The number of ether oxygens (including phenoxy) is 1. The van der Waals surface area contributed by atoms with Gasteiger partial charge in [-0.25, -0.2) is 0 Å². The molecule has 2 aromatic rings. The molecule has 1 fully saturated rings. The van der Waals surface area contributed by atoms with E-state index in [1.54, 1.807) is 0 Å². The van der Waals surface area contributed by atoms with Gasteiger partial charge in [-0.05, 0) is 43.9 Å². The molecule has 0 spiro atoms. The summed E-state index contributed by atoms with van der Waals surface area (Å²) in [7, 11) is 0. The SMILES string of the molecule is CCNCC(COc1cccc2ccccc12)N1CCCCC1. The lowest BCUT2D eigenvalue weighted by Gasteiger charge is -2.34. The van der Waals surface area contributed by atoms with Gasteiger partial charge in [-0.3, -0.25) is 4.90 Å². The molecule has 1 atom stereocenters. The van der Waals surface area contributed by atoms with Gasteiger partial charge in [0.25, 0.3) is 0 Å². The molecule has 1 heterocycles. The molecule has 0 amide bonds. The lowest BCUT2D eigenvalue weighted by molar-refractivity contribution is 0.113. The highest BCUT2D eigenvalue weighted by atomic mass is 16.5. The maximum absolute atomic E-state index is 6.25. The molecule has 3 nitrogen and oxygen atoms in total. The van der Waals surface area contributed by atoms with Crippen molar-refractivity contribution in [1.82, 2.24) is 10.2 Å². The van der Waals surface area contributed by atoms with E-state index >= 15 is 0 Å². The Bertz CT molecular complexity index is 602. The number of nitrogens with one attached hydrogen (secondary N) is 1. The number of likely N-dealkylation sites (tertiary alicyclic amines) is 1. The van der Waals surface area contributed by atoms with Crippen LogP contribution >= 0.6 is 0 Å². The van der Waals surface area contributed by atoms with Crippen molar-refractivity contribution < 1.29 is 4.74 Å². The van der Waals surface area contributed by atoms with E-state index in [0.29, 0.717) is 6.04 Å². The molecule has 1 unspecified atom stereocenters. The topological polar surface area (TPSA) is 24.5 Å². The Labute approximate surface area is 139 Å². The number of rotatable bonds is 7. The molecule has 1 aliphatic heterocycles. The van der Waals surface area contributed by atoms with Crippen molar-refractivity contribution >= 4 is 10.8 Å². The highest BCUT2D eigenvalue weighted by Gasteiger charge is 2.21. The molecule has 3 rings (SSSR count). The Morgan fingerprint density at radius 1 is 1.04 bits per heavy atom. The summed E-state index contributed by atoms with van der Waals surface area (Å²) in [5.41, 5.74) is 0. The first kappa shape index (κ1) is 16.3. The first-order valence-corrected chi connectivity index (χ1v) is 8.94. The van der Waals surface area contributed by atoms with Gasteiger partial charge < -0.3 is 10.1 Å². The number of likely N-dealkylation sites (N-methyl/N-ethyl adjacent to an activating group) is 1. The van der Waals surface area contributed by atoms with E-state index in [1.807, 2.05) is 0 Å². The summed E-state index contributed by atoms with van der Waals surface area (Å²) in [6, 6.07) is 15.2. The molecular weight excluding hydrogens is 284 g/mol. The van der Waals surface area contributed by atoms with Gasteiger partial charge in [0.05, 0.1) is 6.04 Å². The van der Waals surface area contributed by atoms with Crippen LogP contribution in [0.15, 0.2) is 42.5 Å². The van der Waals surface area contributed by atoms with Gasteiger partial charge in [-0.15, -0.1) is 0 Å². The second-order valence-corrected chi connectivity index (χ2v) is 6.35. The van der Waals surface area contributed by atoms with E-state index in [4.69, 9.17) is 4.74 Å². The summed E-state index contributed by atoms with van der Waals surface area (Å²) in [6.45, 7) is 7.34. The molecule has 1 N–H and O–H groups in total. The summed E-state index contributed by atoms with van der Waals surface area (Å²) in [5.74, 6) is 1.00. The summed E-state index contributed by atoms with van der Waals surface area (Å²) >= 11 is 0. The predicted octanol–water partition coefficient (Wildman–Crippen LogP) is 3.68. The summed E-state index contributed by atoms with van der Waals surface area (Å²) in [4.78, 5) is 2.59. The van der Waals surface area contributed by atoms with Gasteiger partial charge in [0.1, 0.15) is 12.4 Å². The highest BCUT2D eigenvalue weighted by molar-refractivity contribution is 5.88. The molecule has 0 radical (unpaired) electrons. The van der Waals surface area contributed by atoms with E-state index in [1.165, 1.54) is 43.1 Å². The average Bonchev–Trinajstić information content (AvgIpc) is 2.62. The minimum absolute atomic E-state index is 0.453. The Morgan fingerprint density at radius 2 is 1.83 bits per heavy atom. The van der Waals surface area contributed by atoms with Gasteiger partial charge in [-0.2, -0.15) is 0 Å². The zero-order valence-electron chi connectivity index (χ0n) is 14.1. The zero-order chi connectivity index (χ0) is 15.9. The summed E-state index contributed by atoms with van der Waals surface area (Å²) in [5, 5.41) is 5.94. The van der Waals surface area contributed by atoms with Crippen LogP contribution < -0.4 is 10.1 Å². The maximum atomic E-state index is 6.25. The molecule has 0 bridgehead atoms. The van der Waals surface area contributed by atoms with Crippen LogP contribution in [0.3, 0.4) is 0 Å². The van der Waals surface area contributed by atoms with Crippen LogP contribution in [0.25, 0.3) is 10.8 Å². The lowest BCUT2D eigenvalue weighted by Crippen LogP contribution is -2.48. The molecule has 0 aromatic heterocycles. The van der Waals surface area contributed by atoms with Crippen LogP contribution in [0.5, 0.6) is 5.75 Å². The summed E-state index contributed by atoms with van der Waals surface area (Å²) in [6.07, 6.45) is 4.00. The Morgan fingerprint density at radius 3 is 2.65 bits per heavy atom. The van der Waals surface area contributed by atoms with Crippen molar-refractivity contribution in [2.45, 2.75) is 32.2 Å². The van der Waals surface area contributed by atoms with Crippen LogP contribution in [-0.2, 0) is 0 Å². The van der Waals surface area contributed by atoms with Gasteiger partial charge in [0, 0.05) is 11.9 Å². The third-order valence-corrected chi connectivity index (χ3v) is 4.72. The average molecular weight is 312 g/mol. The molecule has 1 aliphatic rings. The number of fused-ring (bicyclic) bond motifs is 1. The summed E-state index contributed by atoms with van der Waals surface area (Å²) < 4.78 is 6.25. The standard InChI is InChI=1S/C20H28N2O/c1-2-21-15-18(22-13-6-3-7-14-22)16-23-20-12-8-10-17-9-4-5-11-19(17)20/h4-5,8-12,18,21H,2-3,6-7,13-16H2,1H3. The van der Waals surface area contributed by atoms with Gasteiger partial charge >= 0.3 is 0 Å². The number of hydrogen-bond donors (Lipinski definition) is 1. The quantitative estimate of drug-likeness (QED) is 0.844. The van der Waals surface area contributed by atoms with Crippen molar-refractivity contribution in [3.05, 3.63) is 42.5 Å². The normalized spacial score (nSPS) is 17.3. The zero-order valence-corrected chi connectivity index (χ0v) is 14.1. The molecule has 3 heteroatoms. The Kier molecular flexibility index (Phi) is 5.89. The van der Waals surface area contributed by atoms with E-state index < -0.39 is 0 Å². The largest absolute Gasteiger partial charge is 0.491 e. The van der Waals surface area contributed by atoms with Crippen LogP contribution in [-0.4, -0.2) is 43.7 Å². The first-order valence-electron chi connectivity index (χ1n) is 8.94. The van der Waals surface area contributed by atoms with E-state index in [9.17, 15) is 0 Å². The minimum atomic E-state index is 0.453. The fourth-order valence-corrected chi connectivity index (χ4v) is 3.40. The maximum Gasteiger partial charge on any atom is 0.127 e. The minimum Gasteiger partial charge on any atom is -0.491 e. The monoisotopic (exact) mass is 312 g/mol.